The molecular formula is C20H17N3O3. The van der Waals surface area contributed by atoms with Crippen molar-refractivity contribution in [2.45, 2.75) is 19.0 Å². The molecule has 1 atom stereocenters. The maximum absolute atomic E-state index is 12.2. The SMILES string of the molecule is O=C(O)[C@@H]1Cc2ccccc2N1c1ccc(=O)n(Cc2ccccc2)n1. The Morgan fingerprint density at radius 1 is 1.04 bits per heavy atom. The van der Waals surface area contributed by atoms with Crippen molar-refractivity contribution < 1.29 is 9.90 Å². The summed E-state index contributed by atoms with van der Waals surface area (Å²) < 4.78 is 1.37. The minimum Gasteiger partial charge on any atom is -0.480 e. The number of aliphatic carboxylic acids is 1. The molecule has 0 unspecified atom stereocenters. The number of fused-ring (bicyclic) bond motifs is 1. The van der Waals surface area contributed by atoms with Crippen LogP contribution < -0.4 is 10.5 Å². The molecule has 6 heteroatoms. The molecule has 1 aliphatic rings. The quantitative estimate of drug-likeness (QED) is 0.784. The Kier molecular flexibility index (Phi) is 4.01. The van der Waals surface area contributed by atoms with Crippen LogP contribution in [0.25, 0.3) is 0 Å². The Hall–Kier alpha value is -3.41. The highest BCUT2D eigenvalue weighted by molar-refractivity contribution is 5.86. The summed E-state index contributed by atoms with van der Waals surface area (Å²) in [5.41, 5.74) is 2.51. The van der Waals surface area contributed by atoms with E-state index in [-0.39, 0.29) is 5.56 Å². The van der Waals surface area contributed by atoms with E-state index in [0.29, 0.717) is 18.8 Å². The minimum atomic E-state index is -0.913. The normalized spacial score (nSPS) is 15.7. The summed E-state index contributed by atoms with van der Waals surface area (Å²) in [6.07, 6.45) is 0.408. The summed E-state index contributed by atoms with van der Waals surface area (Å²) in [5, 5.41) is 14.1. The summed E-state index contributed by atoms with van der Waals surface area (Å²) >= 11 is 0. The lowest BCUT2D eigenvalue weighted by Gasteiger charge is -2.24. The molecule has 0 amide bonds. The van der Waals surface area contributed by atoms with Gasteiger partial charge in [0.2, 0.25) is 0 Å². The lowest BCUT2D eigenvalue weighted by molar-refractivity contribution is -0.138. The first-order valence-corrected chi connectivity index (χ1v) is 8.35. The van der Waals surface area contributed by atoms with Crippen LogP contribution in [0.1, 0.15) is 11.1 Å². The third-order valence-corrected chi connectivity index (χ3v) is 4.54. The van der Waals surface area contributed by atoms with Crippen LogP contribution in [0.15, 0.2) is 71.5 Å². The van der Waals surface area contributed by atoms with Gasteiger partial charge in [-0.15, -0.1) is 0 Å². The standard InChI is InChI=1S/C20H17N3O3/c24-19-11-10-18(21-22(19)13-14-6-2-1-3-7-14)23-16-9-5-4-8-15(16)12-17(23)20(25)26/h1-11,17H,12-13H2,(H,25,26)/t17-/m0/s1. The van der Waals surface area contributed by atoms with E-state index in [0.717, 1.165) is 16.8 Å². The van der Waals surface area contributed by atoms with Crippen LogP contribution in [0.4, 0.5) is 11.5 Å². The van der Waals surface area contributed by atoms with E-state index in [1.165, 1.54) is 10.7 Å². The molecule has 1 N–H and O–H groups in total. The number of hydrogen-bond acceptors (Lipinski definition) is 4. The Morgan fingerprint density at radius 2 is 1.77 bits per heavy atom. The molecule has 1 aromatic heterocycles. The maximum atomic E-state index is 12.2. The number of benzene rings is 2. The van der Waals surface area contributed by atoms with Gasteiger partial charge in [0.15, 0.2) is 5.82 Å². The third kappa shape index (κ3) is 2.86. The zero-order valence-corrected chi connectivity index (χ0v) is 13.9. The van der Waals surface area contributed by atoms with E-state index in [1.54, 1.807) is 11.0 Å². The highest BCUT2D eigenvalue weighted by Crippen LogP contribution is 2.37. The van der Waals surface area contributed by atoms with E-state index in [2.05, 4.69) is 5.10 Å². The lowest BCUT2D eigenvalue weighted by atomic mass is 10.1. The van der Waals surface area contributed by atoms with Gasteiger partial charge < -0.3 is 10.0 Å². The average Bonchev–Trinajstić information content (AvgIpc) is 3.04. The van der Waals surface area contributed by atoms with Crippen LogP contribution >= 0.6 is 0 Å². The molecule has 6 nitrogen and oxygen atoms in total. The minimum absolute atomic E-state index is 0.225. The van der Waals surface area contributed by atoms with Crippen LogP contribution in [-0.4, -0.2) is 26.9 Å². The van der Waals surface area contributed by atoms with Crippen LogP contribution in [0.2, 0.25) is 0 Å². The number of anilines is 2. The van der Waals surface area contributed by atoms with Crippen molar-refractivity contribution in [2.24, 2.45) is 0 Å². The molecule has 4 rings (SSSR count). The maximum Gasteiger partial charge on any atom is 0.327 e. The Balaban J connectivity index is 1.76. The number of carboxylic acid groups (broad SMARTS) is 1. The number of carboxylic acids is 1. The largest absolute Gasteiger partial charge is 0.480 e. The van der Waals surface area contributed by atoms with Crippen molar-refractivity contribution in [2.75, 3.05) is 4.90 Å². The number of nitrogens with zero attached hydrogens (tertiary/aromatic N) is 3. The Bertz CT molecular complexity index is 1010. The van der Waals surface area contributed by atoms with E-state index in [4.69, 9.17) is 0 Å². The van der Waals surface area contributed by atoms with Crippen molar-refractivity contribution in [3.63, 3.8) is 0 Å². The molecule has 0 fully saturated rings. The molecule has 0 bridgehead atoms. The van der Waals surface area contributed by atoms with Crippen molar-refractivity contribution in [3.05, 3.63) is 88.2 Å². The first kappa shape index (κ1) is 16.1. The van der Waals surface area contributed by atoms with Gasteiger partial charge in [-0.2, -0.15) is 5.10 Å². The van der Waals surface area contributed by atoms with Gasteiger partial charge in [0.1, 0.15) is 6.04 Å². The van der Waals surface area contributed by atoms with Crippen LogP contribution in [-0.2, 0) is 17.8 Å². The molecular weight excluding hydrogens is 330 g/mol. The second kappa shape index (κ2) is 6.48. The molecule has 0 spiro atoms. The van der Waals surface area contributed by atoms with Crippen molar-refractivity contribution in [3.8, 4) is 0 Å². The predicted octanol–water partition coefficient (Wildman–Crippen LogP) is 2.44. The Labute approximate surface area is 149 Å². The molecule has 0 aliphatic carbocycles. The Morgan fingerprint density at radius 3 is 2.54 bits per heavy atom. The van der Waals surface area contributed by atoms with Crippen LogP contribution in [0.5, 0.6) is 0 Å². The molecule has 1 aliphatic heterocycles. The van der Waals surface area contributed by atoms with E-state index in [1.807, 2.05) is 54.6 Å². The molecule has 0 saturated heterocycles. The summed E-state index contributed by atoms with van der Waals surface area (Å²) in [6, 6.07) is 19.4. The molecule has 2 heterocycles. The predicted molar refractivity (Wildman–Crippen MR) is 97.7 cm³/mol. The number of para-hydroxylation sites is 1. The van der Waals surface area contributed by atoms with Crippen molar-refractivity contribution in [1.82, 2.24) is 9.78 Å². The molecule has 2 aromatic carbocycles. The van der Waals surface area contributed by atoms with Gasteiger partial charge >= 0.3 is 5.97 Å². The zero-order chi connectivity index (χ0) is 18.1. The highest BCUT2D eigenvalue weighted by atomic mass is 16.4. The van der Waals surface area contributed by atoms with Gasteiger partial charge in [0, 0.05) is 18.2 Å². The fraction of sp³-hybridized carbons (Fsp3) is 0.150. The number of hydrogen-bond donors (Lipinski definition) is 1. The fourth-order valence-electron chi connectivity index (χ4n) is 3.30. The van der Waals surface area contributed by atoms with Crippen molar-refractivity contribution >= 4 is 17.5 Å². The van der Waals surface area contributed by atoms with Gasteiger partial charge in [-0.05, 0) is 23.3 Å². The molecule has 3 aromatic rings. The molecule has 130 valence electrons. The van der Waals surface area contributed by atoms with E-state index < -0.39 is 12.0 Å². The van der Waals surface area contributed by atoms with Crippen LogP contribution in [0.3, 0.4) is 0 Å². The van der Waals surface area contributed by atoms with E-state index >= 15 is 0 Å². The smallest absolute Gasteiger partial charge is 0.327 e. The van der Waals surface area contributed by atoms with Gasteiger partial charge in [0.25, 0.3) is 5.56 Å². The zero-order valence-electron chi connectivity index (χ0n) is 13.9. The lowest BCUT2D eigenvalue weighted by Crippen LogP contribution is -2.37. The molecule has 26 heavy (non-hydrogen) atoms. The highest BCUT2D eigenvalue weighted by Gasteiger charge is 2.36. The first-order valence-electron chi connectivity index (χ1n) is 8.35. The third-order valence-electron chi connectivity index (χ3n) is 4.54. The molecule has 0 radical (unpaired) electrons. The number of rotatable bonds is 4. The van der Waals surface area contributed by atoms with Gasteiger partial charge in [-0.3, -0.25) is 4.79 Å². The summed E-state index contributed by atoms with van der Waals surface area (Å²) in [6.45, 7) is 0.334. The summed E-state index contributed by atoms with van der Waals surface area (Å²) in [4.78, 5) is 25.7. The van der Waals surface area contributed by atoms with Crippen molar-refractivity contribution in [1.29, 1.82) is 0 Å². The van der Waals surface area contributed by atoms with Gasteiger partial charge in [0.05, 0.1) is 6.54 Å². The summed E-state index contributed by atoms with van der Waals surface area (Å²) in [7, 11) is 0. The summed E-state index contributed by atoms with van der Waals surface area (Å²) in [5.74, 6) is -0.457. The second-order valence-corrected chi connectivity index (χ2v) is 6.23. The fourth-order valence-corrected chi connectivity index (χ4v) is 3.30. The monoisotopic (exact) mass is 347 g/mol. The van der Waals surface area contributed by atoms with Gasteiger partial charge in [-0.25, -0.2) is 9.48 Å². The van der Waals surface area contributed by atoms with Gasteiger partial charge in [-0.1, -0.05) is 48.5 Å². The van der Waals surface area contributed by atoms with E-state index in [9.17, 15) is 14.7 Å². The topological polar surface area (TPSA) is 75.4 Å². The number of carbonyl (C=O) groups is 1. The van der Waals surface area contributed by atoms with Crippen LogP contribution in [0, 0.1) is 0 Å². The first-order chi connectivity index (χ1) is 12.6. The average molecular weight is 347 g/mol. The second-order valence-electron chi connectivity index (χ2n) is 6.23. The number of aromatic nitrogens is 2. The molecule has 0 saturated carbocycles.